The maximum absolute atomic E-state index is 5.63. The highest BCUT2D eigenvalue weighted by molar-refractivity contribution is 5.72. The van der Waals surface area contributed by atoms with E-state index in [1.807, 2.05) is 6.07 Å². The van der Waals surface area contributed by atoms with Crippen molar-refractivity contribution in [2.45, 2.75) is 19.4 Å². The number of hydrogen-bond acceptors (Lipinski definition) is 4. The van der Waals surface area contributed by atoms with Crippen LogP contribution in [0.3, 0.4) is 0 Å². The summed E-state index contributed by atoms with van der Waals surface area (Å²) in [5.41, 5.74) is 7.29. The summed E-state index contributed by atoms with van der Waals surface area (Å²) in [4.78, 5) is 12.0. The second-order valence-electron chi connectivity index (χ2n) is 4.43. The van der Waals surface area contributed by atoms with Crippen LogP contribution in [0.5, 0.6) is 0 Å². The minimum atomic E-state index is 0.315. The van der Waals surface area contributed by atoms with Crippen LogP contribution in [0.2, 0.25) is 0 Å². The number of pyridine rings is 1. The maximum atomic E-state index is 5.63. The molecule has 0 saturated carbocycles. The first-order chi connectivity index (χ1) is 7.74. The molecule has 0 bridgehead atoms. The predicted octanol–water partition coefficient (Wildman–Crippen LogP) is 1.21. The van der Waals surface area contributed by atoms with Crippen LogP contribution >= 0.6 is 0 Å². The summed E-state index contributed by atoms with van der Waals surface area (Å²) >= 11 is 0. The highest BCUT2D eigenvalue weighted by atomic mass is 15.1. The lowest BCUT2D eigenvalue weighted by molar-refractivity contribution is 0.484. The number of hydrogen-bond donors (Lipinski definition) is 3. The summed E-state index contributed by atoms with van der Waals surface area (Å²) in [6, 6.07) is 4.03. The lowest BCUT2D eigenvalue weighted by Gasteiger charge is -2.11. The number of anilines is 1. The Kier molecular flexibility index (Phi) is 2.07. The molecule has 1 fully saturated rings. The number of fused-ring (bicyclic) bond motifs is 1. The Balaban J connectivity index is 2.04. The van der Waals surface area contributed by atoms with Crippen molar-refractivity contribution < 1.29 is 0 Å². The zero-order chi connectivity index (χ0) is 11.1. The quantitative estimate of drug-likeness (QED) is 0.670. The third kappa shape index (κ3) is 1.44. The fourth-order valence-corrected chi connectivity index (χ4v) is 2.27. The van der Waals surface area contributed by atoms with Crippen LogP contribution in [0.1, 0.15) is 25.2 Å². The van der Waals surface area contributed by atoms with E-state index >= 15 is 0 Å². The molecule has 0 aromatic carbocycles. The Morgan fingerprint density at radius 3 is 3.00 bits per heavy atom. The monoisotopic (exact) mass is 217 g/mol. The fraction of sp³-hybridized carbons (Fsp3) is 0.455. The molecule has 2 unspecified atom stereocenters. The first-order valence-electron chi connectivity index (χ1n) is 5.59. The molecule has 84 valence electrons. The van der Waals surface area contributed by atoms with E-state index in [9.17, 15) is 0 Å². The van der Waals surface area contributed by atoms with E-state index in [0.717, 1.165) is 17.9 Å². The van der Waals surface area contributed by atoms with Crippen molar-refractivity contribution in [2.75, 3.05) is 12.3 Å². The van der Waals surface area contributed by atoms with Gasteiger partial charge < -0.3 is 16.0 Å². The standard InChI is InChI=1S/C11H15N5/c1-6-4-5-13-9(6)11-14-7-2-3-8(12)15-10(7)16-11/h2-3,6,9,13H,4-5H2,1H3,(H3,12,14,15,16). The molecule has 5 heteroatoms. The van der Waals surface area contributed by atoms with Gasteiger partial charge in [-0.3, -0.25) is 0 Å². The molecule has 16 heavy (non-hydrogen) atoms. The Morgan fingerprint density at radius 1 is 1.38 bits per heavy atom. The topological polar surface area (TPSA) is 79.6 Å². The molecule has 5 nitrogen and oxygen atoms in total. The summed E-state index contributed by atoms with van der Waals surface area (Å²) in [5, 5.41) is 3.45. The Labute approximate surface area is 93.5 Å². The van der Waals surface area contributed by atoms with Crippen molar-refractivity contribution in [3.63, 3.8) is 0 Å². The molecule has 4 N–H and O–H groups in total. The zero-order valence-electron chi connectivity index (χ0n) is 9.20. The molecule has 2 atom stereocenters. The van der Waals surface area contributed by atoms with E-state index in [1.54, 1.807) is 6.07 Å². The van der Waals surface area contributed by atoms with Crippen LogP contribution in [0.15, 0.2) is 12.1 Å². The van der Waals surface area contributed by atoms with Crippen molar-refractivity contribution in [2.24, 2.45) is 5.92 Å². The average Bonchev–Trinajstić information content (AvgIpc) is 2.82. The summed E-state index contributed by atoms with van der Waals surface area (Å²) in [7, 11) is 0. The van der Waals surface area contributed by atoms with Gasteiger partial charge in [-0.2, -0.15) is 0 Å². The molecule has 2 aromatic heterocycles. The first-order valence-corrected chi connectivity index (χ1v) is 5.59. The van der Waals surface area contributed by atoms with Crippen molar-refractivity contribution in [3.05, 3.63) is 18.0 Å². The van der Waals surface area contributed by atoms with Crippen LogP contribution in [-0.2, 0) is 0 Å². The van der Waals surface area contributed by atoms with Crippen molar-refractivity contribution in [3.8, 4) is 0 Å². The molecular formula is C11H15N5. The van der Waals surface area contributed by atoms with Gasteiger partial charge in [0.15, 0.2) is 5.65 Å². The van der Waals surface area contributed by atoms with Gasteiger partial charge >= 0.3 is 0 Å². The summed E-state index contributed by atoms with van der Waals surface area (Å²) < 4.78 is 0. The van der Waals surface area contributed by atoms with Gasteiger partial charge in [0.1, 0.15) is 11.6 Å². The van der Waals surface area contributed by atoms with Gasteiger partial charge in [0.2, 0.25) is 0 Å². The molecule has 0 amide bonds. The molecule has 0 aliphatic carbocycles. The van der Waals surface area contributed by atoms with Crippen LogP contribution < -0.4 is 11.1 Å². The minimum absolute atomic E-state index is 0.315. The molecule has 1 aliphatic heterocycles. The number of nitrogens with one attached hydrogen (secondary N) is 2. The number of H-pyrrole nitrogens is 1. The van der Waals surface area contributed by atoms with Crippen LogP contribution in [-0.4, -0.2) is 21.5 Å². The van der Waals surface area contributed by atoms with Gasteiger partial charge in [0, 0.05) is 0 Å². The maximum Gasteiger partial charge on any atom is 0.179 e. The fourth-order valence-electron chi connectivity index (χ4n) is 2.27. The molecule has 1 saturated heterocycles. The van der Waals surface area contributed by atoms with Crippen LogP contribution in [0, 0.1) is 5.92 Å². The number of aromatic nitrogens is 3. The van der Waals surface area contributed by atoms with E-state index in [4.69, 9.17) is 5.73 Å². The average molecular weight is 217 g/mol. The van der Waals surface area contributed by atoms with E-state index < -0.39 is 0 Å². The van der Waals surface area contributed by atoms with Crippen molar-refractivity contribution in [1.29, 1.82) is 0 Å². The summed E-state index contributed by atoms with van der Waals surface area (Å²) in [6.45, 7) is 3.29. The smallest absolute Gasteiger partial charge is 0.179 e. The van der Waals surface area contributed by atoms with Gasteiger partial charge in [-0.1, -0.05) is 6.92 Å². The second-order valence-corrected chi connectivity index (χ2v) is 4.43. The Bertz CT molecular complexity index is 518. The number of rotatable bonds is 1. The largest absolute Gasteiger partial charge is 0.384 e. The highest BCUT2D eigenvalue weighted by Gasteiger charge is 2.26. The number of imidazole rings is 1. The van der Waals surface area contributed by atoms with Gasteiger partial charge in [-0.15, -0.1) is 0 Å². The van der Waals surface area contributed by atoms with Gasteiger partial charge in [-0.25, -0.2) is 9.97 Å². The minimum Gasteiger partial charge on any atom is -0.384 e. The summed E-state index contributed by atoms with van der Waals surface area (Å²) in [5.74, 6) is 2.09. The van der Waals surface area contributed by atoms with Gasteiger partial charge in [0.25, 0.3) is 0 Å². The predicted molar refractivity (Wildman–Crippen MR) is 62.8 cm³/mol. The highest BCUT2D eigenvalue weighted by Crippen LogP contribution is 2.28. The van der Waals surface area contributed by atoms with E-state index in [1.165, 1.54) is 6.42 Å². The van der Waals surface area contributed by atoms with Crippen molar-refractivity contribution in [1.82, 2.24) is 20.3 Å². The molecule has 3 rings (SSSR count). The molecular weight excluding hydrogens is 202 g/mol. The Hall–Kier alpha value is -1.62. The summed E-state index contributed by atoms with van der Waals surface area (Å²) in [6.07, 6.45) is 1.19. The zero-order valence-corrected chi connectivity index (χ0v) is 9.20. The van der Waals surface area contributed by atoms with Gasteiger partial charge in [-0.05, 0) is 31.0 Å². The normalized spacial score (nSPS) is 25.3. The SMILES string of the molecule is CC1CCNC1c1nc2nc(N)ccc2[nH]1. The third-order valence-corrected chi connectivity index (χ3v) is 3.21. The Morgan fingerprint density at radius 2 is 2.25 bits per heavy atom. The van der Waals surface area contributed by atoms with Crippen LogP contribution in [0.4, 0.5) is 5.82 Å². The number of nitrogens with two attached hydrogens (primary N) is 1. The molecule has 2 aromatic rings. The van der Waals surface area contributed by atoms with E-state index in [-0.39, 0.29) is 0 Å². The molecule has 0 radical (unpaired) electrons. The van der Waals surface area contributed by atoms with Crippen molar-refractivity contribution >= 4 is 17.0 Å². The third-order valence-electron chi connectivity index (χ3n) is 3.21. The lowest BCUT2D eigenvalue weighted by atomic mass is 10.0. The van der Waals surface area contributed by atoms with E-state index in [2.05, 4.69) is 27.2 Å². The van der Waals surface area contributed by atoms with Gasteiger partial charge in [0.05, 0.1) is 11.6 Å². The number of nitrogen functional groups attached to an aromatic ring is 1. The number of aromatic amines is 1. The second kappa shape index (κ2) is 3.45. The molecule has 3 heterocycles. The molecule has 1 aliphatic rings. The van der Waals surface area contributed by atoms with Crippen LogP contribution in [0.25, 0.3) is 11.2 Å². The van der Waals surface area contributed by atoms with E-state index in [0.29, 0.717) is 23.4 Å². The first kappa shape index (κ1) is 9.59. The molecule has 0 spiro atoms. The lowest BCUT2D eigenvalue weighted by Crippen LogP contribution is -2.17. The number of nitrogens with zero attached hydrogens (tertiary/aromatic N) is 2.